The van der Waals surface area contributed by atoms with Crippen molar-refractivity contribution in [2.45, 2.75) is 13.8 Å². The number of hydrogen-bond acceptors (Lipinski definition) is 3. The zero-order chi connectivity index (χ0) is 12.8. The predicted molar refractivity (Wildman–Crippen MR) is 65.8 cm³/mol. The zero-order valence-corrected chi connectivity index (χ0v) is 9.95. The minimum atomic E-state index is -0.401. The van der Waals surface area contributed by atoms with Crippen LogP contribution in [0, 0.1) is 0 Å². The van der Waals surface area contributed by atoms with Gasteiger partial charge in [0.15, 0.2) is 0 Å². The molecule has 1 N–H and O–H groups in total. The molecule has 0 fully saturated rings. The molecule has 1 rings (SSSR count). The van der Waals surface area contributed by atoms with Gasteiger partial charge in [-0.3, -0.25) is 4.79 Å². The molecule has 0 aliphatic carbocycles. The van der Waals surface area contributed by atoms with Crippen molar-refractivity contribution in [3.8, 4) is 0 Å². The zero-order valence-electron chi connectivity index (χ0n) is 9.95. The standard InChI is InChI=1S/C13H15NO3/c1-9(2)8-17-13(16)11-4-6-12(7-5-11)14-10(3)15/h4-7H,1,8H2,2-3H3,(H,14,15). The highest BCUT2D eigenvalue weighted by molar-refractivity contribution is 5.92. The Labute approximate surface area is 100 Å². The van der Waals surface area contributed by atoms with Crippen LogP contribution in [0.2, 0.25) is 0 Å². The first-order valence-corrected chi connectivity index (χ1v) is 5.18. The molecule has 4 nitrogen and oxygen atoms in total. The Morgan fingerprint density at radius 2 is 1.82 bits per heavy atom. The average Bonchev–Trinajstić information content (AvgIpc) is 2.26. The Morgan fingerprint density at radius 1 is 1.24 bits per heavy atom. The van der Waals surface area contributed by atoms with E-state index in [1.54, 1.807) is 31.2 Å². The lowest BCUT2D eigenvalue weighted by molar-refractivity contribution is -0.114. The fraction of sp³-hybridized carbons (Fsp3) is 0.231. The summed E-state index contributed by atoms with van der Waals surface area (Å²) < 4.78 is 4.98. The number of carbonyl (C=O) groups is 2. The molecule has 90 valence electrons. The van der Waals surface area contributed by atoms with Gasteiger partial charge < -0.3 is 10.1 Å². The molecule has 0 atom stereocenters. The first-order valence-electron chi connectivity index (χ1n) is 5.18. The molecule has 0 aromatic heterocycles. The van der Waals surface area contributed by atoms with Crippen molar-refractivity contribution in [3.63, 3.8) is 0 Å². The molecule has 1 aromatic carbocycles. The van der Waals surface area contributed by atoms with Gasteiger partial charge in [0, 0.05) is 12.6 Å². The van der Waals surface area contributed by atoms with Crippen LogP contribution in [-0.4, -0.2) is 18.5 Å². The highest BCUT2D eigenvalue weighted by Gasteiger charge is 2.06. The van der Waals surface area contributed by atoms with Crippen molar-refractivity contribution >= 4 is 17.6 Å². The smallest absolute Gasteiger partial charge is 0.338 e. The van der Waals surface area contributed by atoms with Gasteiger partial charge in [0.1, 0.15) is 6.61 Å². The molecule has 0 saturated carbocycles. The highest BCUT2D eigenvalue weighted by Crippen LogP contribution is 2.10. The minimum Gasteiger partial charge on any atom is -0.458 e. The van der Waals surface area contributed by atoms with E-state index in [4.69, 9.17) is 4.74 Å². The summed E-state index contributed by atoms with van der Waals surface area (Å²) in [6.07, 6.45) is 0. The Morgan fingerprint density at radius 3 is 2.29 bits per heavy atom. The van der Waals surface area contributed by atoms with E-state index in [2.05, 4.69) is 11.9 Å². The molecule has 0 heterocycles. The van der Waals surface area contributed by atoms with E-state index in [1.165, 1.54) is 6.92 Å². The van der Waals surface area contributed by atoms with Gasteiger partial charge in [-0.2, -0.15) is 0 Å². The van der Waals surface area contributed by atoms with Crippen LogP contribution in [0.1, 0.15) is 24.2 Å². The Kier molecular flexibility index (Phi) is 4.46. The van der Waals surface area contributed by atoms with Crippen LogP contribution in [0.3, 0.4) is 0 Å². The van der Waals surface area contributed by atoms with Gasteiger partial charge in [-0.15, -0.1) is 0 Å². The fourth-order valence-corrected chi connectivity index (χ4v) is 1.16. The maximum atomic E-state index is 11.5. The van der Waals surface area contributed by atoms with E-state index in [1.807, 2.05) is 0 Å². The number of carbonyl (C=O) groups excluding carboxylic acids is 2. The summed E-state index contributed by atoms with van der Waals surface area (Å²) in [6, 6.07) is 6.51. The Balaban J connectivity index is 2.63. The van der Waals surface area contributed by atoms with Crippen molar-refractivity contribution in [3.05, 3.63) is 42.0 Å². The van der Waals surface area contributed by atoms with Crippen LogP contribution in [0.15, 0.2) is 36.4 Å². The van der Waals surface area contributed by atoms with Gasteiger partial charge in [-0.1, -0.05) is 6.58 Å². The lowest BCUT2D eigenvalue weighted by Crippen LogP contribution is -2.08. The predicted octanol–water partition coefficient (Wildman–Crippen LogP) is 2.38. The van der Waals surface area contributed by atoms with Crippen molar-refractivity contribution in [2.24, 2.45) is 0 Å². The molecule has 1 aromatic rings. The number of anilines is 1. The lowest BCUT2D eigenvalue weighted by Gasteiger charge is -2.05. The number of hydrogen-bond donors (Lipinski definition) is 1. The van der Waals surface area contributed by atoms with E-state index < -0.39 is 5.97 Å². The molecule has 0 aliphatic rings. The molecule has 0 saturated heterocycles. The van der Waals surface area contributed by atoms with Crippen LogP contribution in [0.5, 0.6) is 0 Å². The highest BCUT2D eigenvalue weighted by atomic mass is 16.5. The molecule has 0 unspecified atom stereocenters. The topological polar surface area (TPSA) is 55.4 Å². The van der Waals surface area contributed by atoms with Crippen molar-refractivity contribution in [1.29, 1.82) is 0 Å². The van der Waals surface area contributed by atoms with Gasteiger partial charge in [-0.25, -0.2) is 4.79 Å². The van der Waals surface area contributed by atoms with Crippen molar-refractivity contribution < 1.29 is 14.3 Å². The minimum absolute atomic E-state index is 0.150. The van der Waals surface area contributed by atoms with Crippen LogP contribution in [0.25, 0.3) is 0 Å². The first-order chi connectivity index (χ1) is 7.99. The van der Waals surface area contributed by atoms with E-state index in [0.29, 0.717) is 11.3 Å². The number of ether oxygens (including phenoxy) is 1. The SMILES string of the molecule is C=C(C)COC(=O)c1ccc(NC(C)=O)cc1. The molecule has 4 heteroatoms. The summed E-state index contributed by atoms with van der Waals surface area (Å²) in [5, 5.41) is 2.62. The molecular weight excluding hydrogens is 218 g/mol. The molecule has 1 amide bonds. The molecule has 0 radical (unpaired) electrons. The summed E-state index contributed by atoms with van der Waals surface area (Å²) in [4.78, 5) is 22.3. The van der Waals surface area contributed by atoms with Crippen LogP contribution in [0.4, 0.5) is 5.69 Å². The van der Waals surface area contributed by atoms with Gasteiger partial charge in [0.2, 0.25) is 5.91 Å². The van der Waals surface area contributed by atoms with E-state index in [-0.39, 0.29) is 12.5 Å². The van der Waals surface area contributed by atoms with E-state index in [0.717, 1.165) is 5.57 Å². The normalized spacial score (nSPS) is 9.53. The third kappa shape index (κ3) is 4.51. The monoisotopic (exact) mass is 233 g/mol. The van der Waals surface area contributed by atoms with Gasteiger partial charge in [0.25, 0.3) is 0 Å². The summed E-state index contributed by atoms with van der Waals surface area (Å²) in [6.45, 7) is 7.07. The van der Waals surface area contributed by atoms with Gasteiger partial charge in [-0.05, 0) is 36.8 Å². The largest absolute Gasteiger partial charge is 0.458 e. The molecule has 0 spiro atoms. The molecule has 0 bridgehead atoms. The molecule has 0 aliphatic heterocycles. The van der Waals surface area contributed by atoms with Crippen LogP contribution in [-0.2, 0) is 9.53 Å². The number of nitrogens with one attached hydrogen (secondary N) is 1. The van der Waals surface area contributed by atoms with E-state index >= 15 is 0 Å². The second-order valence-electron chi connectivity index (χ2n) is 3.79. The maximum absolute atomic E-state index is 11.5. The second kappa shape index (κ2) is 5.84. The Bertz CT molecular complexity index is 434. The van der Waals surface area contributed by atoms with Crippen molar-refractivity contribution in [2.75, 3.05) is 11.9 Å². The summed E-state index contributed by atoms with van der Waals surface area (Å²) in [5.41, 5.74) is 1.88. The van der Waals surface area contributed by atoms with Gasteiger partial charge in [0.05, 0.1) is 5.56 Å². The van der Waals surface area contributed by atoms with Crippen LogP contribution >= 0.6 is 0 Å². The number of rotatable bonds is 4. The lowest BCUT2D eigenvalue weighted by atomic mass is 10.2. The third-order valence-electron chi connectivity index (χ3n) is 1.89. The maximum Gasteiger partial charge on any atom is 0.338 e. The molecular formula is C13H15NO3. The second-order valence-corrected chi connectivity index (χ2v) is 3.79. The summed E-state index contributed by atoms with van der Waals surface area (Å²) in [7, 11) is 0. The third-order valence-corrected chi connectivity index (χ3v) is 1.89. The fourth-order valence-electron chi connectivity index (χ4n) is 1.16. The quantitative estimate of drug-likeness (QED) is 0.641. The average molecular weight is 233 g/mol. The summed E-state index contributed by atoms with van der Waals surface area (Å²) >= 11 is 0. The van der Waals surface area contributed by atoms with E-state index in [9.17, 15) is 9.59 Å². The molecule has 17 heavy (non-hydrogen) atoms. The number of benzene rings is 1. The number of amides is 1. The van der Waals surface area contributed by atoms with Gasteiger partial charge >= 0.3 is 5.97 Å². The first kappa shape index (κ1) is 13.0. The summed E-state index contributed by atoms with van der Waals surface area (Å²) in [5.74, 6) is -0.551. The number of esters is 1. The van der Waals surface area contributed by atoms with Crippen LogP contribution < -0.4 is 5.32 Å². The Hall–Kier alpha value is -2.10. The van der Waals surface area contributed by atoms with Crippen molar-refractivity contribution in [1.82, 2.24) is 0 Å².